The van der Waals surface area contributed by atoms with Gasteiger partial charge in [-0.2, -0.15) is 0 Å². The summed E-state index contributed by atoms with van der Waals surface area (Å²) >= 11 is 0. The first-order valence-electron chi connectivity index (χ1n) is 8.67. The maximum absolute atomic E-state index is 13.2. The SMILES string of the molecule is Cc1ccc(C#CCN(c2ccccc2)S(=O)(=O)c2ccc(C)cc2)cc1. The fourth-order valence-electron chi connectivity index (χ4n) is 2.60. The number of para-hydroxylation sites is 1. The molecule has 4 heteroatoms. The van der Waals surface area contributed by atoms with Crippen molar-refractivity contribution in [2.75, 3.05) is 10.8 Å². The van der Waals surface area contributed by atoms with Crippen molar-refractivity contribution in [3.8, 4) is 11.8 Å². The molecule has 0 amide bonds. The molecule has 3 aromatic rings. The zero-order valence-corrected chi connectivity index (χ0v) is 16.2. The molecule has 0 N–H and O–H groups in total. The summed E-state index contributed by atoms with van der Waals surface area (Å²) in [5.74, 6) is 6.05. The highest BCUT2D eigenvalue weighted by Crippen LogP contribution is 2.23. The van der Waals surface area contributed by atoms with Crippen LogP contribution in [0.15, 0.2) is 83.8 Å². The molecule has 3 rings (SSSR count). The monoisotopic (exact) mass is 375 g/mol. The molecule has 0 unspecified atom stereocenters. The lowest BCUT2D eigenvalue weighted by atomic mass is 10.1. The number of aryl methyl sites for hydroxylation is 2. The minimum absolute atomic E-state index is 0.0775. The molecule has 0 aliphatic carbocycles. The normalized spacial score (nSPS) is 10.7. The van der Waals surface area contributed by atoms with Gasteiger partial charge in [-0.15, -0.1) is 0 Å². The number of hydrogen-bond acceptors (Lipinski definition) is 2. The summed E-state index contributed by atoms with van der Waals surface area (Å²) in [7, 11) is -3.70. The highest BCUT2D eigenvalue weighted by Gasteiger charge is 2.24. The maximum Gasteiger partial charge on any atom is 0.265 e. The van der Waals surface area contributed by atoms with Crippen LogP contribution < -0.4 is 4.31 Å². The minimum atomic E-state index is -3.70. The zero-order chi connectivity index (χ0) is 19.3. The quantitative estimate of drug-likeness (QED) is 0.627. The summed E-state index contributed by atoms with van der Waals surface area (Å²) in [6.45, 7) is 4.02. The topological polar surface area (TPSA) is 37.4 Å². The van der Waals surface area contributed by atoms with E-state index in [0.29, 0.717) is 5.69 Å². The van der Waals surface area contributed by atoms with Crippen molar-refractivity contribution in [3.63, 3.8) is 0 Å². The van der Waals surface area contributed by atoms with Crippen molar-refractivity contribution < 1.29 is 8.42 Å². The van der Waals surface area contributed by atoms with Gasteiger partial charge in [-0.1, -0.05) is 65.4 Å². The number of sulfonamides is 1. The van der Waals surface area contributed by atoms with E-state index in [2.05, 4.69) is 11.8 Å². The highest BCUT2D eigenvalue weighted by molar-refractivity contribution is 7.92. The van der Waals surface area contributed by atoms with Gasteiger partial charge in [0.15, 0.2) is 0 Å². The standard InChI is InChI=1S/C23H21NO2S/c1-19-10-14-21(15-11-19)7-6-18-24(22-8-4-3-5-9-22)27(25,26)23-16-12-20(2)13-17-23/h3-5,8-17H,18H2,1-2H3. The molecule has 0 fully saturated rings. The van der Waals surface area contributed by atoms with E-state index in [1.165, 1.54) is 4.31 Å². The molecule has 0 aliphatic rings. The lowest BCUT2D eigenvalue weighted by molar-refractivity contribution is 0.593. The van der Waals surface area contributed by atoms with Gasteiger partial charge in [0.05, 0.1) is 17.1 Å². The average molecular weight is 375 g/mol. The molecular weight excluding hydrogens is 354 g/mol. The van der Waals surface area contributed by atoms with Crippen molar-refractivity contribution in [1.82, 2.24) is 0 Å². The van der Waals surface area contributed by atoms with Gasteiger partial charge < -0.3 is 0 Å². The number of anilines is 1. The van der Waals surface area contributed by atoms with Gasteiger partial charge in [0.2, 0.25) is 0 Å². The van der Waals surface area contributed by atoms with Crippen molar-refractivity contribution in [1.29, 1.82) is 0 Å². The van der Waals surface area contributed by atoms with E-state index in [9.17, 15) is 8.42 Å². The minimum Gasteiger partial charge on any atom is -0.254 e. The van der Waals surface area contributed by atoms with Crippen molar-refractivity contribution in [2.45, 2.75) is 18.7 Å². The molecule has 0 atom stereocenters. The summed E-state index contributed by atoms with van der Waals surface area (Å²) in [5, 5.41) is 0. The maximum atomic E-state index is 13.2. The van der Waals surface area contributed by atoms with Crippen LogP contribution in [0.3, 0.4) is 0 Å². The van der Waals surface area contributed by atoms with Crippen molar-refractivity contribution in [2.24, 2.45) is 0 Å². The molecule has 0 bridgehead atoms. The van der Waals surface area contributed by atoms with Crippen LogP contribution in [0.1, 0.15) is 16.7 Å². The predicted octanol–water partition coefficient (Wildman–Crippen LogP) is 4.55. The van der Waals surface area contributed by atoms with Gasteiger partial charge in [0.25, 0.3) is 10.0 Å². The Kier molecular flexibility index (Phi) is 5.63. The fourth-order valence-corrected chi connectivity index (χ4v) is 3.97. The lowest BCUT2D eigenvalue weighted by Crippen LogP contribution is -2.31. The Hall–Kier alpha value is -3.03. The first kappa shape index (κ1) is 18.8. The van der Waals surface area contributed by atoms with Crippen molar-refractivity contribution in [3.05, 3.63) is 95.6 Å². The van der Waals surface area contributed by atoms with Gasteiger partial charge in [-0.3, -0.25) is 4.31 Å². The summed E-state index contributed by atoms with van der Waals surface area (Å²) < 4.78 is 27.7. The zero-order valence-electron chi connectivity index (χ0n) is 15.4. The van der Waals surface area contributed by atoms with Crippen LogP contribution in [0.4, 0.5) is 5.69 Å². The summed E-state index contributed by atoms with van der Waals surface area (Å²) in [6.07, 6.45) is 0. The lowest BCUT2D eigenvalue weighted by Gasteiger charge is -2.22. The third-order valence-electron chi connectivity index (χ3n) is 4.16. The van der Waals surface area contributed by atoms with E-state index in [0.717, 1.165) is 16.7 Å². The molecule has 3 nitrogen and oxygen atoms in total. The van der Waals surface area contributed by atoms with Gasteiger partial charge >= 0.3 is 0 Å². The number of rotatable bonds is 4. The van der Waals surface area contributed by atoms with Crippen molar-refractivity contribution >= 4 is 15.7 Å². The molecule has 0 radical (unpaired) electrons. The highest BCUT2D eigenvalue weighted by atomic mass is 32.2. The third kappa shape index (κ3) is 4.58. The van der Waals surface area contributed by atoms with Crippen LogP contribution in [0.25, 0.3) is 0 Å². The Morgan fingerprint density at radius 1 is 0.778 bits per heavy atom. The summed E-state index contributed by atoms with van der Waals surface area (Å²) in [4.78, 5) is 0.258. The molecule has 0 spiro atoms. The van der Waals surface area contributed by atoms with Crippen LogP contribution in [0, 0.1) is 25.7 Å². The number of hydrogen-bond donors (Lipinski definition) is 0. The van der Waals surface area contributed by atoms with Crippen LogP contribution in [-0.2, 0) is 10.0 Å². The second-order valence-corrected chi connectivity index (χ2v) is 8.19. The Morgan fingerprint density at radius 2 is 1.33 bits per heavy atom. The average Bonchev–Trinajstić information content (AvgIpc) is 2.67. The smallest absolute Gasteiger partial charge is 0.254 e. The van der Waals surface area contributed by atoms with E-state index >= 15 is 0 Å². The molecule has 0 aliphatic heterocycles. The third-order valence-corrected chi connectivity index (χ3v) is 5.95. The molecule has 0 aromatic heterocycles. The van der Waals surface area contributed by atoms with Gasteiger partial charge in [0.1, 0.15) is 0 Å². The van der Waals surface area contributed by atoms with E-state index in [4.69, 9.17) is 0 Å². The summed E-state index contributed by atoms with van der Waals surface area (Å²) in [5.41, 5.74) is 3.63. The van der Waals surface area contributed by atoms with E-state index in [1.807, 2.05) is 56.3 Å². The second-order valence-electron chi connectivity index (χ2n) is 6.33. The Labute approximate surface area is 161 Å². The largest absolute Gasteiger partial charge is 0.265 e. The Bertz CT molecular complexity index is 1060. The predicted molar refractivity (Wildman–Crippen MR) is 110 cm³/mol. The first-order chi connectivity index (χ1) is 13.0. The molecule has 136 valence electrons. The fraction of sp³-hybridized carbons (Fsp3) is 0.130. The molecule has 3 aromatic carbocycles. The second kappa shape index (κ2) is 8.11. The first-order valence-corrected chi connectivity index (χ1v) is 10.1. The Morgan fingerprint density at radius 3 is 1.93 bits per heavy atom. The van der Waals surface area contributed by atoms with Gasteiger partial charge in [-0.25, -0.2) is 8.42 Å². The molecule has 0 heterocycles. The van der Waals surface area contributed by atoms with E-state index < -0.39 is 10.0 Å². The summed E-state index contributed by atoms with van der Waals surface area (Å²) in [6, 6.07) is 23.8. The Balaban J connectivity index is 1.95. The van der Waals surface area contributed by atoms with Crippen LogP contribution in [-0.4, -0.2) is 15.0 Å². The number of nitrogens with zero attached hydrogens (tertiary/aromatic N) is 1. The van der Waals surface area contributed by atoms with Gasteiger partial charge in [-0.05, 0) is 50.2 Å². The molecule has 0 saturated heterocycles. The molecule has 27 heavy (non-hydrogen) atoms. The number of benzene rings is 3. The van der Waals surface area contributed by atoms with Crippen LogP contribution in [0.5, 0.6) is 0 Å². The van der Waals surface area contributed by atoms with E-state index in [-0.39, 0.29) is 11.4 Å². The van der Waals surface area contributed by atoms with Gasteiger partial charge in [0, 0.05) is 5.56 Å². The van der Waals surface area contributed by atoms with Crippen LogP contribution in [0.2, 0.25) is 0 Å². The van der Waals surface area contributed by atoms with Crippen LogP contribution >= 0.6 is 0 Å². The molecule has 0 saturated carbocycles. The van der Waals surface area contributed by atoms with E-state index in [1.54, 1.807) is 36.4 Å². The molecular formula is C23H21NO2S.